The van der Waals surface area contributed by atoms with E-state index in [0.717, 1.165) is 16.8 Å². The van der Waals surface area contributed by atoms with Gasteiger partial charge in [0, 0.05) is 10.8 Å². The molecule has 0 saturated heterocycles. The van der Waals surface area contributed by atoms with E-state index in [4.69, 9.17) is 16.3 Å². The molecule has 1 amide bonds. The zero-order valence-electron chi connectivity index (χ0n) is 18.6. The Labute approximate surface area is 206 Å². The van der Waals surface area contributed by atoms with Gasteiger partial charge in [-0.05, 0) is 54.4 Å². The molecule has 1 heterocycles. The van der Waals surface area contributed by atoms with Gasteiger partial charge in [-0.25, -0.2) is 4.39 Å². The summed E-state index contributed by atoms with van der Waals surface area (Å²) < 4.78 is 20.4. The van der Waals surface area contributed by atoms with Gasteiger partial charge in [-0.15, -0.1) is 10.2 Å². The fraction of sp³-hybridized carbons (Fsp3) is 0.160. The molecule has 1 aromatic heterocycles. The summed E-state index contributed by atoms with van der Waals surface area (Å²) in [7, 11) is 1.52. The van der Waals surface area contributed by atoms with Gasteiger partial charge in [0.15, 0.2) is 11.0 Å². The van der Waals surface area contributed by atoms with E-state index in [-0.39, 0.29) is 18.3 Å². The van der Waals surface area contributed by atoms with Crippen molar-refractivity contribution >= 4 is 29.3 Å². The Morgan fingerprint density at radius 3 is 2.65 bits per heavy atom. The maximum absolute atomic E-state index is 13.3. The van der Waals surface area contributed by atoms with Crippen molar-refractivity contribution in [3.8, 4) is 11.4 Å². The van der Waals surface area contributed by atoms with Gasteiger partial charge < -0.3 is 10.1 Å². The Morgan fingerprint density at radius 1 is 1.12 bits per heavy atom. The van der Waals surface area contributed by atoms with Crippen molar-refractivity contribution in [3.63, 3.8) is 0 Å². The first-order valence-corrected chi connectivity index (χ1v) is 11.8. The van der Waals surface area contributed by atoms with Gasteiger partial charge in [-0.2, -0.15) is 0 Å². The molecule has 0 aliphatic carbocycles. The molecule has 0 unspecified atom stereocenters. The zero-order chi connectivity index (χ0) is 24.1. The first-order chi connectivity index (χ1) is 16.5. The molecular formula is C25H22ClFN4O2S. The number of thioether (sulfide) groups is 1. The van der Waals surface area contributed by atoms with Crippen LogP contribution in [0.25, 0.3) is 5.69 Å². The van der Waals surface area contributed by atoms with Crippen LogP contribution in [0.3, 0.4) is 0 Å². The van der Waals surface area contributed by atoms with Crippen LogP contribution in [0.4, 0.5) is 4.39 Å². The van der Waals surface area contributed by atoms with E-state index in [2.05, 4.69) is 15.5 Å². The van der Waals surface area contributed by atoms with E-state index < -0.39 is 0 Å². The highest BCUT2D eigenvalue weighted by atomic mass is 35.5. The smallest absolute Gasteiger partial charge is 0.255 e. The van der Waals surface area contributed by atoms with Crippen molar-refractivity contribution in [3.05, 3.63) is 100 Å². The lowest BCUT2D eigenvalue weighted by atomic mass is 10.2. The molecule has 4 rings (SSSR count). The van der Waals surface area contributed by atoms with Gasteiger partial charge in [-0.3, -0.25) is 9.36 Å². The predicted octanol–water partition coefficient (Wildman–Crippen LogP) is 5.60. The lowest BCUT2D eigenvalue weighted by Crippen LogP contribution is -2.25. The highest BCUT2D eigenvalue weighted by molar-refractivity contribution is 7.98. The third-order valence-corrected chi connectivity index (χ3v) is 6.39. The van der Waals surface area contributed by atoms with Gasteiger partial charge in [-0.1, -0.05) is 53.7 Å². The average Bonchev–Trinajstić information content (AvgIpc) is 3.26. The minimum Gasteiger partial charge on any atom is -0.496 e. The molecule has 4 aromatic rings. The minimum atomic E-state index is -0.282. The molecule has 6 nitrogen and oxygen atoms in total. The number of nitrogens with zero attached hydrogens (tertiary/aromatic N) is 3. The summed E-state index contributed by atoms with van der Waals surface area (Å²) in [6.07, 6.45) is 0. The van der Waals surface area contributed by atoms with Crippen LogP contribution in [0.15, 0.2) is 71.9 Å². The number of aryl methyl sites for hydroxylation is 1. The topological polar surface area (TPSA) is 69.0 Å². The molecule has 1 N–H and O–H groups in total. The third kappa shape index (κ3) is 5.40. The number of hydrogen-bond donors (Lipinski definition) is 1. The number of rotatable bonds is 8. The second-order valence-electron chi connectivity index (χ2n) is 7.46. The molecule has 174 valence electrons. The van der Waals surface area contributed by atoms with Crippen LogP contribution in [-0.4, -0.2) is 27.8 Å². The third-order valence-electron chi connectivity index (χ3n) is 5.15. The van der Waals surface area contributed by atoms with E-state index in [9.17, 15) is 9.18 Å². The van der Waals surface area contributed by atoms with E-state index in [0.29, 0.717) is 33.1 Å². The SMILES string of the molecule is COc1ccccc1C(=O)NCc1nnc(SCc2ccc(F)cc2)n1-c1cc(Cl)ccc1C. The molecule has 0 spiro atoms. The highest BCUT2D eigenvalue weighted by Gasteiger charge is 2.19. The fourth-order valence-corrected chi connectivity index (χ4v) is 4.47. The summed E-state index contributed by atoms with van der Waals surface area (Å²) in [5, 5.41) is 12.8. The van der Waals surface area contributed by atoms with E-state index in [1.54, 1.807) is 36.4 Å². The van der Waals surface area contributed by atoms with Gasteiger partial charge in [0.2, 0.25) is 0 Å². The Hall–Kier alpha value is -3.36. The average molecular weight is 497 g/mol. The second-order valence-corrected chi connectivity index (χ2v) is 8.84. The number of benzene rings is 3. The molecule has 0 radical (unpaired) electrons. The van der Waals surface area contributed by atoms with Crippen LogP contribution >= 0.6 is 23.4 Å². The molecule has 9 heteroatoms. The van der Waals surface area contributed by atoms with Crippen molar-refractivity contribution in [1.82, 2.24) is 20.1 Å². The van der Waals surface area contributed by atoms with Crippen LogP contribution in [0.2, 0.25) is 5.02 Å². The highest BCUT2D eigenvalue weighted by Crippen LogP contribution is 2.28. The summed E-state index contributed by atoms with van der Waals surface area (Å²) in [4.78, 5) is 12.8. The maximum Gasteiger partial charge on any atom is 0.255 e. The summed E-state index contributed by atoms with van der Waals surface area (Å²) in [5.41, 5.74) is 3.18. The number of amides is 1. The number of nitrogens with one attached hydrogen (secondary N) is 1. The van der Waals surface area contributed by atoms with E-state index in [1.807, 2.05) is 29.7 Å². The molecule has 0 bridgehead atoms. The molecule has 0 atom stereocenters. The van der Waals surface area contributed by atoms with Gasteiger partial charge in [0.25, 0.3) is 5.91 Å². The largest absolute Gasteiger partial charge is 0.496 e. The normalized spacial score (nSPS) is 10.8. The number of hydrogen-bond acceptors (Lipinski definition) is 5. The van der Waals surface area contributed by atoms with Gasteiger partial charge >= 0.3 is 0 Å². The first kappa shape index (κ1) is 23.8. The van der Waals surface area contributed by atoms with Crippen LogP contribution in [0, 0.1) is 12.7 Å². The van der Waals surface area contributed by atoms with Crippen LogP contribution in [0.5, 0.6) is 5.75 Å². The fourth-order valence-electron chi connectivity index (χ4n) is 3.39. The number of halogens is 2. The Kier molecular flexibility index (Phi) is 7.49. The molecule has 34 heavy (non-hydrogen) atoms. The van der Waals surface area contributed by atoms with E-state index in [1.165, 1.54) is 31.0 Å². The molecule has 0 aliphatic rings. The number of carbonyl (C=O) groups is 1. The Bertz CT molecular complexity index is 1310. The maximum atomic E-state index is 13.3. The Morgan fingerprint density at radius 2 is 1.88 bits per heavy atom. The number of para-hydroxylation sites is 1. The molecule has 3 aromatic carbocycles. The van der Waals surface area contributed by atoms with Crippen molar-refractivity contribution in [2.75, 3.05) is 7.11 Å². The lowest BCUT2D eigenvalue weighted by Gasteiger charge is -2.14. The minimum absolute atomic E-state index is 0.146. The summed E-state index contributed by atoms with van der Waals surface area (Å²) in [6.45, 7) is 2.12. The summed E-state index contributed by atoms with van der Waals surface area (Å²) >= 11 is 7.75. The van der Waals surface area contributed by atoms with Crippen LogP contribution in [-0.2, 0) is 12.3 Å². The Balaban J connectivity index is 1.62. The predicted molar refractivity (Wildman–Crippen MR) is 131 cm³/mol. The molecule has 0 fully saturated rings. The number of aromatic nitrogens is 3. The van der Waals surface area contributed by atoms with Gasteiger partial charge in [0.1, 0.15) is 11.6 Å². The van der Waals surface area contributed by atoms with Crippen LogP contribution in [0.1, 0.15) is 27.3 Å². The molecule has 0 saturated carbocycles. The van der Waals surface area contributed by atoms with Crippen LogP contribution < -0.4 is 10.1 Å². The van der Waals surface area contributed by atoms with Crippen molar-refractivity contribution < 1.29 is 13.9 Å². The second kappa shape index (κ2) is 10.7. The van der Waals surface area contributed by atoms with Crippen molar-refractivity contribution in [2.45, 2.75) is 24.4 Å². The van der Waals surface area contributed by atoms with Crippen molar-refractivity contribution in [1.29, 1.82) is 0 Å². The standard InChI is InChI=1S/C25H22ClFN4O2S/c1-16-7-10-18(26)13-21(16)31-23(14-28-24(32)20-5-3-4-6-22(20)33-2)29-30-25(31)34-15-17-8-11-19(27)12-9-17/h3-13H,14-15H2,1-2H3,(H,28,32). The first-order valence-electron chi connectivity index (χ1n) is 10.5. The quantitative estimate of drug-likeness (QED) is 0.322. The number of ether oxygens (including phenoxy) is 1. The number of methoxy groups -OCH3 is 1. The lowest BCUT2D eigenvalue weighted by molar-refractivity contribution is 0.0946. The summed E-state index contributed by atoms with van der Waals surface area (Å²) in [6, 6.07) is 18.9. The van der Waals surface area contributed by atoms with Gasteiger partial charge in [0.05, 0.1) is 24.9 Å². The molecule has 0 aliphatic heterocycles. The molecular weight excluding hydrogens is 475 g/mol. The summed E-state index contributed by atoms with van der Waals surface area (Å²) in [5.74, 6) is 1.05. The zero-order valence-corrected chi connectivity index (χ0v) is 20.2. The van der Waals surface area contributed by atoms with Crippen molar-refractivity contribution in [2.24, 2.45) is 0 Å². The van der Waals surface area contributed by atoms with E-state index >= 15 is 0 Å². The monoisotopic (exact) mass is 496 g/mol. The number of carbonyl (C=O) groups excluding carboxylic acids is 1.